The molecule has 0 aliphatic carbocycles. The van der Waals surface area contributed by atoms with Crippen molar-refractivity contribution in [3.05, 3.63) is 34.6 Å². The number of rotatable bonds is 2. The molecular formula is C13H10ClF4NO3. The van der Waals surface area contributed by atoms with Gasteiger partial charge in [0.05, 0.1) is 17.4 Å². The first-order valence-electron chi connectivity index (χ1n) is 6.15. The number of carboxylic acid groups (broad SMARTS) is 1. The summed E-state index contributed by atoms with van der Waals surface area (Å²) in [4.78, 5) is 23.7. The molecule has 0 bridgehead atoms. The second-order valence-corrected chi connectivity index (χ2v) is 5.36. The van der Waals surface area contributed by atoms with Gasteiger partial charge in [0.15, 0.2) is 0 Å². The Morgan fingerprint density at radius 2 is 1.91 bits per heavy atom. The minimum absolute atomic E-state index is 0.0343. The van der Waals surface area contributed by atoms with Crippen LogP contribution >= 0.6 is 11.6 Å². The molecular weight excluding hydrogens is 330 g/mol. The number of carboxylic acids is 1. The highest BCUT2D eigenvalue weighted by molar-refractivity contribution is 6.30. The smallest absolute Gasteiger partial charge is 0.394 e. The second kappa shape index (κ2) is 5.75. The van der Waals surface area contributed by atoms with Crippen LogP contribution in [-0.2, 0) is 4.79 Å². The van der Waals surface area contributed by atoms with Gasteiger partial charge in [-0.2, -0.15) is 13.2 Å². The lowest BCUT2D eigenvalue weighted by Crippen LogP contribution is -2.34. The molecule has 4 nitrogen and oxygen atoms in total. The third-order valence-corrected chi connectivity index (χ3v) is 3.74. The van der Waals surface area contributed by atoms with E-state index in [0.29, 0.717) is 4.90 Å². The van der Waals surface area contributed by atoms with E-state index in [-0.39, 0.29) is 5.02 Å². The number of amides is 1. The standard InChI is InChI=1S/C13H10ClF4NO3/c14-6-1-2-7(10(15)3-6)11(20)19-4-8(12(21)22)9(5-19)13(16,17)18/h1-3,8-9H,4-5H2,(H,21,22)/t8-,9-/m1/s1. The summed E-state index contributed by atoms with van der Waals surface area (Å²) in [5, 5.41) is 8.91. The van der Waals surface area contributed by atoms with Gasteiger partial charge in [0.25, 0.3) is 5.91 Å². The number of nitrogens with zero attached hydrogens (tertiary/aromatic N) is 1. The Labute approximate surface area is 127 Å². The van der Waals surface area contributed by atoms with Crippen molar-refractivity contribution in [2.24, 2.45) is 11.8 Å². The van der Waals surface area contributed by atoms with Crippen molar-refractivity contribution in [2.75, 3.05) is 13.1 Å². The Kier molecular flexibility index (Phi) is 4.32. The summed E-state index contributed by atoms with van der Waals surface area (Å²) in [5.41, 5.74) is -0.448. The minimum Gasteiger partial charge on any atom is -0.481 e. The van der Waals surface area contributed by atoms with Crippen molar-refractivity contribution >= 4 is 23.5 Å². The Bertz CT molecular complexity index is 620. The molecule has 1 aromatic carbocycles. The van der Waals surface area contributed by atoms with Crippen molar-refractivity contribution < 1.29 is 32.3 Å². The van der Waals surface area contributed by atoms with Crippen molar-refractivity contribution in [2.45, 2.75) is 6.18 Å². The zero-order valence-corrected chi connectivity index (χ0v) is 11.7. The number of aliphatic carboxylic acids is 1. The Morgan fingerprint density at radius 3 is 2.36 bits per heavy atom. The van der Waals surface area contributed by atoms with Gasteiger partial charge in [-0.25, -0.2) is 4.39 Å². The molecule has 1 amide bonds. The Balaban J connectivity index is 2.27. The van der Waals surface area contributed by atoms with Gasteiger partial charge in [-0.3, -0.25) is 9.59 Å². The zero-order chi connectivity index (χ0) is 16.7. The predicted molar refractivity (Wildman–Crippen MR) is 68.0 cm³/mol. The molecule has 1 saturated heterocycles. The molecule has 1 aliphatic rings. The van der Waals surface area contributed by atoms with Crippen LogP contribution in [0.25, 0.3) is 0 Å². The second-order valence-electron chi connectivity index (χ2n) is 4.93. The van der Waals surface area contributed by atoms with Gasteiger partial charge in [-0.05, 0) is 18.2 Å². The number of likely N-dealkylation sites (tertiary alicyclic amines) is 1. The van der Waals surface area contributed by atoms with E-state index in [4.69, 9.17) is 16.7 Å². The lowest BCUT2D eigenvalue weighted by molar-refractivity contribution is -0.187. The molecule has 0 aromatic heterocycles. The van der Waals surface area contributed by atoms with Gasteiger partial charge in [0.1, 0.15) is 5.82 Å². The fourth-order valence-electron chi connectivity index (χ4n) is 2.38. The quantitative estimate of drug-likeness (QED) is 0.843. The number of benzene rings is 1. The van der Waals surface area contributed by atoms with Crippen LogP contribution in [0.5, 0.6) is 0 Å². The third kappa shape index (κ3) is 3.16. The highest BCUT2D eigenvalue weighted by Crippen LogP contribution is 2.38. The summed E-state index contributed by atoms with van der Waals surface area (Å²) in [6, 6.07) is 3.14. The molecule has 0 saturated carbocycles. The average Bonchev–Trinajstić information content (AvgIpc) is 2.83. The molecule has 1 aliphatic heterocycles. The van der Waals surface area contributed by atoms with Crippen LogP contribution in [0.15, 0.2) is 18.2 Å². The van der Waals surface area contributed by atoms with Crippen LogP contribution in [0.4, 0.5) is 17.6 Å². The molecule has 120 valence electrons. The van der Waals surface area contributed by atoms with Gasteiger partial charge >= 0.3 is 12.1 Å². The largest absolute Gasteiger partial charge is 0.481 e. The van der Waals surface area contributed by atoms with E-state index in [9.17, 15) is 27.2 Å². The lowest BCUT2D eigenvalue weighted by atomic mass is 9.96. The van der Waals surface area contributed by atoms with Crippen molar-refractivity contribution in [1.82, 2.24) is 4.90 Å². The molecule has 2 atom stereocenters. The Morgan fingerprint density at radius 1 is 1.27 bits per heavy atom. The van der Waals surface area contributed by atoms with E-state index >= 15 is 0 Å². The third-order valence-electron chi connectivity index (χ3n) is 3.51. The first kappa shape index (κ1) is 16.5. The maximum Gasteiger partial charge on any atom is 0.394 e. The highest BCUT2D eigenvalue weighted by atomic mass is 35.5. The van der Waals surface area contributed by atoms with Gasteiger partial charge in [-0.15, -0.1) is 0 Å². The molecule has 1 N–H and O–H groups in total. The molecule has 0 radical (unpaired) electrons. The molecule has 0 unspecified atom stereocenters. The topological polar surface area (TPSA) is 57.6 Å². The molecule has 1 heterocycles. The van der Waals surface area contributed by atoms with Crippen LogP contribution < -0.4 is 0 Å². The van der Waals surface area contributed by atoms with Crippen molar-refractivity contribution in [1.29, 1.82) is 0 Å². The normalized spacial score (nSPS) is 22.0. The SMILES string of the molecule is O=C(O)[C@@H]1CN(C(=O)c2ccc(Cl)cc2F)C[C@H]1C(F)(F)F. The van der Waals surface area contributed by atoms with Crippen molar-refractivity contribution in [3.8, 4) is 0 Å². The van der Waals surface area contributed by atoms with Crippen LogP contribution in [0.2, 0.25) is 5.02 Å². The van der Waals surface area contributed by atoms with Gasteiger partial charge in [0, 0.05) is 18.1 Å². The van der Waals surface area contributed by atoms with E-state index in [2.05, 4.69) is 0 Å². The molecule has 0 spiro atoms. The maximum absolute atomic E-state index is 13.7. The molecule has 2 rings (SSSR count). The lowest BCUT2D eigenvalue weighted by Gasteiger charge is -2.18. The molecule has 1 aromatic rings. The number of hydrogen-bond donors (Lipinski definition) is 1. The molecule has 1 fully saturated rings. The summed E-state index contributed by atoms with van der Waals surface area (Å²) >= 11 is 5.54. The molecule has 9 heteroatoms. The first-order chi connectivity index (χ1) is 10.1. The van der Waals surface area contributed by atoms with Crippen LogP contribution in [0.1, 0.15) is 10.4 Å². The number of carbonyl (C=O) groups is 2. The number of carbonyl (C=O) groups excluding carboxylic acids is 1. The predicted octanol–water partition coefficient (Wildman–Crippen LogP) is 2.81. The summed E-state index contributed by atoms with van der Waals surface area (Å²) in [5.74, 6) is -7.55. The van der Waals surface area contributed by atoms with Gasteiger partial charge in [0.2, 0.25) is 0 Å². The first-order valence-corrected chi connectivity index (χ1v) is 6.53. The Hall–Kier alpha value is -1.83. The zero-order valence-electron chi connectivity index (χ0n) is 10.9. The van der Waals surface area contributed by atoms with Crippen LogP contribution in [-0.4, -0.2) is 41.1 Å². The summed E-state index contributed by atoms with van der Waals surface area (Å²) in [7, 11) is 0. The number of alkyl halides is 3. The van der Waals surface area contributed by atoms with Gasteiger partial charge < -0.3 is 10.0 Å². The van der Waals surface area contributed by atoms with Crippen molar-refractivity contribution in [3.63, 3.8) is 0 Å². The van der Waals surface area contributed by atoms with Crippen LogP contribution in [0.3, 0.4) is 0 Å². The summed E-state index contributed by atoms with van der Waals surface area (Å²) < 4.78 is 52.2. The van der Waals surface area contributed by atoms with E-state index in [1.54, 1.807) is 0 Å². The van der Waals surface area contributed by atoms with E-state index < -0.39 is 54.4 Å². The highest BCUT2D eigenvalue weighted by Gasteiger charge is 2.53. The fourth-order valence-corrected chi connectivity index (χ4v) is 2.54. The van der Waals surface area contributed by atoms with E-state index in [0.717, 1.165) is 12.1 Å². The number of halogens is 5. The van der Waals surface area contributed by atoms with E-state index in [1.807, 2.05) is 0 Å². The summed E-state index contributed by atoms with van der Waals surface area (Å²) in [6.07, 6.45) is -4.75. The maximum atomic E-state index is 13.7. The minimum atomic E-state index is -4.75. The number of hydrogen-bond acceptors (Lipinski definition) is 2. The average molecular weight is 340 g/mol. The van der Waals surface area contributed by atoms with E-state index in [1.165, 1.54) is 6.07 Å². The fraction of sp³-hybridized carbons (Fsp3) is 0.385. The van der Waals surface area contributed by atoms with Gasteiger partial charge in [-0.1, -0.05) is 11.6 Å². The summed E-state index contributed by atoms with van der Waals surface area (Å²) in [6.45, 7) is -1.44. The van der Waals surface area contributed by atoms with Crippen LogP contribution in [0, 0.1) is 17.7 Å². The monoisotopic (exact) mass is 339 g/mol. The molecule has 22 heavy (non-hydrogen) atoms.